The Balaban J connectivity index is 1.98. The average molecular weight is 330 g/mol. The Morgan fingerprint density at radius 3 is 2.48 bits per heavy atom. The van der Waals surface area contributed by atoms with Gasteiger partial charge in [0.15, 0.2) is 0 Å². The number of carboxylic acids is 1. The predicted molar refractivity (Wildman–Crippen MR) is 81.3 cm³/mol. The molecule has 21 heavy (non-hydrogen) atoms. The highest BCUT2D eigenvalue weighted by Crippen LogP contribution is 2.27. The van der Waals surface area contributed by atoms with Gasteiger partial charge in [0.1, 0.15) is 0 Å². The number of benzene rings is 1. The van der Waals surface area contributed by atoms with E-state index in [-0.39, 0.29) is 19.0 Å². The lowest BCUT2D eigenvalue weighted by atomic mass is 9.89. The molecule has 1 aromatic rings. The lowest BCUT2D eigenvalue weighted by Crippen LogP contribution is -2.52. The summed E-state index contributed by atoms with van der Waals surface area (Å²) in [5.74, 6) is -1.55. The second kappa shape index (κ2) is 6.17. The minimum atomic E-state index is -3.50. The van der Waals surface area contributed by atoms with Crippen LogP contribution in [0.4, 0.5) is 0 Å². The van der Waals surface area contributed by atoms with Crippen LogP contribution in [0.15, 0.2) is 29.7 Å². The van der Waals surface area contributed by atoms with Crippen molar-refractivity contribution in [2.24, 2.45) is 11.8 Å². The van der Waals surface area contributed by atoms with Crippen molar-refractivity contribution in [2.45, 2.75) is 6.92 Å². The van der Waals surface area contributed by atoms with Crippen LogP contribution >= 0.6 is 11.6 Å². The van der Waals surface area contributed by atoms with Gasteiger partial charge in [0.25, 0.3) is 0 Å². The molecule has 1 aliphatic heterocycles. The van der Waals surface area contributed by atoms with Crippen molar-refractivity contribution in [3.05, 3.63) is 40.3 Å². The molecular formula is C14H16ClNO4S. The van der Waals surface area contributed by atoms with Crippen LogP contribution in [-0.4, -0.2) is 36.9 Å². The predicted octanol–water partition coefficient (Wildman–Crippen LogP) is 2.29. The SMILES string of the molecule is CC(C(=O)O)C1CN(S(=O)(=O)/C=C/c2ccc(Cl)cc2)C1. The van der Waals surface area contributed by atoms with E-state index in [9.17, 15) is 13.2 Å². The quantitative estimate of drug-likeness (QED) is 0.899. The Hall–Kier alpha value is -1.37. The van der Waals surface area contributed by atoms with E-state index in [4.69, 9.17) is 16.7 Å². The van der Waals surface area contributed by atoms with Crippen molar-refractivity contribution in [1.29, 1.82) is 0 Å². The summed E-state index contributed by atoms with van der Waals surface area (Å²) >= 11 is 5.76. The van der Waals surface area contributed by atoms with Crippen LogP contribution in [0, 0.1) is 11.8 Å². The molecule has 0 radical (unpaired) electrons. The number of carbonyl (C=O) groups is 1. The highest BCUT2D eigenvalue weighted by molar-refractivity contribution is 7.92. The average Bonchev–Trinajstić information content (AvgIpc) is 2.35. The van der Waals surface area contributed by atoms with E-state index in [1.807, 2.05) is 0 Å². The Bertz CT molecular complexity index is 648. The molecule has 5 nitrogen and oxygen atoms in total. The van der Waals surface area contributed by atoms with Gasteiger partial charge in [0, 0.05) is 23.5 Å². The fraction of sp³-hybridized carbons (Fsp3) is 0.357. The van der Waals surface area contributed by atoms with Crippen LogP contribution in [0.5, 0.6) is 0 Å². The first kappa shape index (κ1) is 16.0. The summed E-state index contributed by atoms with van der Waals surface area (Å²) in [5, 5.41) is 10.6. The van der Waals surface area contributed by atoms with Crippen LogP contribution < -0.4 is 0 Å². The molecule has 114 valence electrons. The molecule has 0 spiro atoms. The minimum Gasteiger partial charge on any atom is -0.481 e. The smallest absolute Gasteiger partial charge is 0.306 e. The molecule has 1 aliphatic rings. The molecule has 0 saturated carbocycles. The van der Waals surface area contributed by atoms with Crippen LogP contribution in [0.2, 0.25) is 5.02 Å². The summed E-state index contributed by atoms with van der Waals surface area (Å²) in [6, 6.07) is 6.81. The first-order valence-corrected chi connectivity index (χ1v) is 8.34. The fourth-order valence-corrected chi connectivity index (χ4v) is 3.45. The Labute approximate surface area is 128 Å². The van der Waals surface area contributed by atoms with Gasteiger partial charge in [-0.1, -0.05) is 30.7 Å². The summed E-state index contributed by atoms with van der Waals surface area (Å²) in [6.07, 6.45) is 1.50. The third-order valence-electron chi connectivity index (χ3n) is 3.64. The maximum absolute atomic E-state index is 12.1. The number of halogens is 1. The van der Waals surface area contributed by atoms with Crippen molar-refractivity contribution >= 4 is 33.7 Å². The van der Waals surface area contributed by atoms with E-state index in [0.717, 1.165) is 11.0 Å². The number of carboxylic acid groups (broad SMARTS) is 1. The van der Waals surface area contributed by atoms with Crippen molar-refractivity contribution in [1.82, 2.24) is 4.31 Å². The van der Waals surface area contributed by atoms with Crippen LogP contribution in [0.3, 0.4) is 0 Å². The van der Waals surface area contributed by atoms with Crippen molar-refractivity contribution in [3.8, 4) is 0 Å². The maximum atomic E-state index is 12.1. The highest BCUT2D eigenvalue weighted by Gasteiger charge is 2.39. The number of nitrogens with zero attached hydrogens (tertiary/aromatic N) is 1. The van der Waals surface area contributed by atoms with Crippen molar-refractivity contribution < 1.29 is 18.3 Å². The van der Waals surface area contributed by atoms with Crippen molar-refractivity contribution in [2.75, 3.05) is 13.1 Å². The van der Waals surface area contributed by atoms with Crippen LogP contribution in [0.25, 0.3) is 6.08 Å². The molecule has 1 unspecified atom stereocenters. The molecule has 7 heteroatoms. The Morgan fingerprint density at radius 2 is 1.95 bits per heavy atom. The van der Waals surface area contributed by atoms with Gasteiger partial charge in [0.05, 0.1) is 5.92 Å². The first-order chi connectivity index (χ1) is 9.79. The normalized spacial score (nSPS) is 18.6. The second-order valence-corrected chi connectivity index (χ2v) is 7.36. The monoisotopic (exact) mass is 329 g/mol. The molecular weight excluding hydrogens is 314 g/mol. The minimum absolute atomic E-state index is 0.124. The number of aliphatic carboxylic acids is 1. The first-order valence-electron chi connectivity index (χ1n) is 6.46. The maximum Gasteiger partial charge on any atom is 0.306 e. The largest absolute Gasteiger partial charge is 0.481 e. The van der Waals surface area contributed by atoms with E-state index in [2.05, 4.69) is 0 Å². The molecule has 0 aromatic heterocycles. The standard InChI is InChI=1S/C14H16ClNO4S/c1-10(14(17)18)12-8-16(9-12)21(19,20)7-6-11-2-4-13(15)5-3-11/h2-7,10,12H,8-9H2,1H3,(H,17,18)/b7-6+. The number of sulfonamides is 1. The molecule has 1 heterocycles. The lowest BCUT2D eigenvalue weighted by molar-refractivity contribution is -0.144. The summed E-state index contributed by atoms with van der Waals surface area (Å²) in [6.45, 7) is 2.10. The lowest BCUT2D eigenvalue weighted by Gasteiger charge is -2.39. The van der Waals surface area contributed by atoms with Gasteiger partial charge in [0.2, 0.25) is 10.0 Å². The van der Waals surface area contributed by atoms with Gasteiger partial charge < -0.3 is 5.11 Å². The van der Waals surface area contributed by atoms with Gasteiger partial charge in [-0.15, -0.1) is 0 Å². The topological polar surface area (TPSA) is 74.7 Å². The number of rotatable bonds is 5. The van der Waals surface area contributed by atoms with E-state index < -0.39 is 21.9 Å². The molecule has 0 bridgehead atoms. The van der Waals surface area contributed by atoms with Gasteiger partial charge in [-0.05, 0) is 29.7 Å². The molecule has 0 aliphatic carbocycles. The zero-order valence-corrected chi connectivity index (χ0v) is 13.0. The Kier molecular flexibility index (Phi) is 4.70. The molecule has 1 saturated heterocycles. The Morgan fingerprint density at radius 1 is 1.38 bits per heavy atom. The molecule has 0 amide bonds. The van der Waals surface area contributed by atoms with Gasteiger partial charge in [-0.25, -0.2) is 8.42 Å². The number of hydrogen-bond donors (Lipinski definition) is 1. The zero-order valence-electron chi connectivity index (χ0n) is 11.4. The third-order valence-corrected chi connectivity index (χ3v) is 5.39. The van der Waals surface area contributed by atoms with E-state index in [1.54, 1.807) is 31.2 Å². The van der Waals surface area contributed by atoms with Crippen molar-refractivity contribution in [3.63, 3.8) is 0 Å². The van der Waals surface area contributed by atoms with Gasteiger partial charge in [-0.3, -0.25) is 4.79 Å². The third kappa shape index (κ3) is 3.84. The summed E-state index contributed by atoms with van der Waals surface area (Å²) in [4.78, 5) is 10.8. The molecule has 1 atom stereocenters. The highest BCUT2D eigenvalue weighted by atomic mass is 35.5. The van der Waals surface area contributed by atoms with Crippen LogP contribution in [-0.2, 0) is 14.8 Å². The second-order valence-electron chi connectivity index (χ2n) is 5.10. The van der Waals surface area contributed by atoms with Gasteiger partial charge >= 0.3 is 5.97 Å². The van der Waals surface area contributed by atoms with E-state index in [1.165, 1.54) is 10.4 Å². The summed E-state index contributed by atoms with van der Waals surface area (Å²) < 4.78 is 25.4. The number of hydrogen-bond acceptors (Lipinski definition) is 3. The molecule has 1 aromatic carbocycles. The summed E-state index contributed by atoms with van der Waals surface area (Å²) in [7, 11) is -3.50. The van der Waals surface area contributed by atoms with Crippen LogP contribution in [0.1, 0.15) is 12.5 Å². The molecule has 1 fully saturated rings. The zero-order chi connectivity index (χ0) is 15.6. The fourth-order valence-electron chi connectivity index (χ4n) is 2.02. The molecule has 2 rings (SSSR count). The molecule has 1 N–H and O–H groups in total. The van der Waals surface area contributed by atoms with Gasteiger partial charge in [-0.2, -0.15) is 4.31 Å². The van der Waals surface area contributed by atoms with E-state index >= 15 is 0 Å². The van der Waals surface area contributed by atoms with E-state index in [0.29, 0.717) is 5.02 Å². The summed E-state index contributed by atoms with van der Waals surface area (Å²) in [5.41, 5.74) is 0.735.